The lowest BCUT2D eigenvalue weighted by Gasteiger charge is -2.28. The monoisotopic (exact) mass is 322 g/mol. The molecule has 0 N–H and O–H groups in total. The van der Waals surface area contributed by atoms with E-state index >= 15 is 0 Å². The molecule has 22 heavy (non-hydrogen) atoms. The largest absolute Gasteiger partial charge is 0.378 e. The fraction of sp³-hybridized carbons (Fsp3) is 0.800. The van der Waals surface area contributed by atoms with Gasteiger partial charge in [0.2, 0.25) is 5.91 Å². The molecule has 2 aliphatic carbocycles. The lowest BCUT2D eigenvalue weighted by Crippen LogP contribution is -2.44. The molecule has 4 rings (SSSR count). The van der Waals surface area contributed by atoms with Gasteiger partial charge in [-0.3, -0.25) is 4.79 Å². The molecule has 3 aliphatic rings. The minimum absolute atomic E-state index is 0.119. The van der Waals surface area contributed by atoms with E-state index in [2.05, 4.69) is 14.8 Å². The molecule has 1 atom stereocenters. The number of rotatable bonds is 5. The Hall–Kier alpha value is -1.08. The van der Waals surface area contributed by atoms with E-state index in [4.69, 9.17) is 4.74 Å². The fourth-order valence-electron chi connectivity index (χ4n) is 2.91. The number of carbonyl (C=O) groups excluding carboxylic acids is 1. The van der Waals surface area contributed by atoms with Crippen LogP contribution in [-0.4, -0.2) is 57.1 Å². The molecule has 0 bridgehead atoms. The van der Waals surface area contributed by atoms with Crippen molar-refractivity contribution >= 4 is 17.7 Å². The van der Waals surface area contributed by atoms with Gasteiger partial charge < -0.3 is 14.2 Å². The van der Waals surface area contributed by atoms with Crippen molar-refractivity contribution in [2.45, 2.75) is 55.0 Å². The molecule has 1 aliphatic heterocycles. The van der Waals surface area contributed by atoms with Crippen LogP contribution < -0.4 is 0 Å². The van der Waals surface area contributed by atoms with Gasteiger partial charge in [-0.1, -0.05) is 11.8 Å². The summed E-state index contributed by atoms with van der Waals surface area (Å²) in [5.74, 6) is 1.94. The summed E-state index contributed by atoms with van der Waals surface area (Å²) in [6, 6.07) is 0.568. The molecule has 1 unspecified atom stereocenters. The van der Waals surface area contributed by atoms with E-state index in [0.717, 1.165) is 11.0 Å². The summed E-state index contributed by atoms with van der Waals surface area (Å²) < 4.78 is 7.63. The molecule has 7 heteroatoms. The second-order valence-electron chi connectivity index (χ2n) is 6.41. The molecular weight excluding hydrogens is 300 g/mol. The van der Waals surface area contributed by atoms with Gasteiger partial charge in [-0.05, 0) is 32.6 Å². The Morgan fingerprint density at radius 1 is 1.23 bits per heavy atom. The van der Waals surface area contributed by atoms with Gasteiger partial charge in [0.05, 0.1) is 18.5 Å². The summed E-state index contributed by atoms with van der Waals surface area (Å²) in [7, 11) is 0. The van der Waals surface area contributed by atoms with Crippen molar-refractivity contribution in [1.29, 1.82) is 0 Å². The Kier molecular flexibility index (Phi) is 3.86. The van der Waals surface area contributed by atoms with Crippen LogP contribution in [-0.2, 0) is 9.53 Å². The van der Waals surface area contributed by atoms with Gasteiger partial charge in [-0.15, -0.1) is 10.2 Å². The summed E-state index contributed by atoms with van der Waals surface area (Å²) in [5, 5.41) is 9.61. The fourth-order valence-corrected chi connectivity index (χ4v) is 3.92. The van der Waals surface area contributed by atoms with Gasteiger partial charge >= 0.3 is 0 Å². The summed E-state index contributed by atoms with van der Waals surface area (Å²) in [5.41, 5.74) is 0. The minimum atomic E-state index is -0.119. The Labute approximate surface area is 134 Å². The normalized spacial score (nSPS) is 23.6. The number of aromatic nitrogens is 3. The van der Waals surface area contributed by atoms with Crippen LogP contribution in [0.15, 0.2) is 5.16 Å². The number of hydrogen-bond acceptors (Lipinski definition) is 5. The van der Waals surface area contributed by atoms with Crippen LogP contribution in [0.1, 0.15) is 50.4 Å². The molecule has 1 saturated heterocycles. The van der Waals surface area contributed by atoms with E-state index in [1.807, 2.05) is 11.8 Å². The van der Waals surface area contributed by atoms with E-state index in [0.29, 0.717) is 38.3 Å². The highest BCUT2D eigenvalue weighted by Crippen LogP contribution is 2.46. The average Bonchev–Trinajstić information content (AvgIpc) is 3.46. The van der Waals surface area contributed by atoms with Crippen molar-refractivity contribution in [2.24, 2.45) is 0 Å². The maximum absolute atomic E-state index is 12.5. The van der Waals surface area contributed by atoms with Crippen LogP contribution in [0.4, 0.5) is 0 Å². The predicted molar refractivity (Wildman–Crippen MR) is 83.0 cm³/mol. The molecule has 0 spiro atoms. The number of morpholine rings is 1. The number of nitrogens with zero attached hydrogens (tertiary/aromatic N) is 4. The van der Waals surface area contributed by atoms with Crippen molar-refractivity contribution in [3.63, 3.8) is 0 Å². The van der Waals surface area contributed by atoms with Gasteiger partial charge in [-0.25, -0.2) is 0 Å². The van der Waals surface area contributed by atoms with Crippen molar-refractivity contribution in [1.82, 2.24) is 19.7 Å². The van der Waals surface area contributed by atoms with E-state index in [1.54, 1.807) is 11.8 Å². The highest BCUT2D eigenvalue weighted by molar-refractivity contribution is 8.00. The number of amides is 1. The van der Waals surface area contributed by atoms with Crippen molar-refractivity contribution < 1.29 is 9.53 Å². The van der Waals surface area contributed by atoms with Gasteiger partial charge in [0, 0.05) is 25.0 Å². The third-order valence-corrected chi connectivity index (χ3v) is 5.54. The Morgan fingerprint density at radius 3 is 2.59 bits per heavy atom. The third kappa shape index (κ3) is 2.88. The van der Waals surface area contributed by atoms with Gasteiger partial charge in [0.1, 0.15) is 5.82 Å². The molecule has 3 fully saturated rings. The number of thioether (sulfide) groups is 1. The van der Waals surface area contributed by atoms with Crippen LogP contribution in [0.5, 0.6) is 0 Å². The first-order valence-corrected chi connectivity index (χ1v) is 9.10. The molecule has 1 aromatic rings. The SMILES string of the molecule is CC(Sc1nnc(C2CC2)n1C1CC1)C(=O)N1CCOCC1. The summed E-state index contributed by atoms with van der Waals surface area (Å²) in [6.45, 7) is 4.67. The van der Waals surface area contributed by atoms with Crippen LogP contribution in [0.2, 0.25) is 0 Å². The van der Waals surface area contributed by atoms with Crippen LogP contribution in [0.25, 0.3) is 0 Å². The summed E-state index contributed by atoms with van der Waals surface area (Å²) in [6.07, 6.45) is 4.91. The molecule has 2 saturated carbocycles. The van der Waals surface area contributed by atoms with E-state index in [9.17, 15) is 4.79 Å². The van der Waals surface area contributed by atoms with Gasteiger partial charge in [-0.2, -0.15) is 0 Å². The topological polar surface area (TPSA) is 60.2 Å². The molecule has 120 valence electrons. The van der Waals surface area contributed by atoms with Crippen LogP contribution >= 0.6 is 11.8 Å². The summed E-state index contributed by atoms with van der Waals surface area (Å²) in [4.78, 5) is 14.4. The molecule has 6 nitrogen and oxygen atoms in total. The van der Waals surface area contributed by atoms with Crippen LogP contribution in [0.3, 0.4) is 0 Å². The second kappa shape index (κ2) is 5.85. The highest BCUT2D eigenvalue weighted by atomic mass is 32.2. The molecule has 0 radical (unpaired) electrons. The zero-order valence-corrected chi connectivity index (χ0v) is 13.7. The smallest absolute Gasteiger partial charge is 0.236 e. The average molecular weight is 322 g/mol. The third-order valence-electron chi connectivity index (χ3n) is 4.50. The van der Waals surface area contributed by atoms with Crippen molar-refractivity contribution in [3.8, 4) is 0 Å². The number of carbonyl (C=O) groups is 1. The second-order valence-corrected chi connectivity index (χ2v) is 7.72. The number of ether oxygens (including phenoxy) is 1. The first-order valence-electron chi connectivity index (χ1n) is 8.22. The van der Waals surface area contributed by atoms with E-state index in [-0.39, 0.29) is 11.2 Å². The van der Waals surface area contributed by atoms with Gasteiger partial charge in [0.15, 0.2) is 5.16 Å². The quantitative estimate of drug-likeness (QED) is 0.774. The van der Waals surface area contributed by atoms with Gasteiger partial charge in [0.25, 0.3) is 0 Å². The Balaban J connectivity index is 1.47. The van der Waals surface area contributed by atoms with Crippen molar-refractivity contribution in [2.75, 3.05) is 26.3 Å². The van der Waals surface area contributed by atoms with Crippen molar-refractivity contribution in [3.05, 3.63) is 5.82 Å². The van der Waals surface area contributed by atoms with Crippen LogP contribution in [0, 0.1) is 0 Å². The minimum Gasteiger partial charge on any atom is -0.378 e. The zero-order chi connectivity index (χ0) is 15.1. The first-order chi connectivity index (χ1) is 10.7. The summed E-state index contributed by atoms with van der Waals surface area (Å²) >= 11 is 1.56. The molecular formula is C15H22N4O2S. The Morgan fingerprint density at radius 2 is 1.95 bits per heavy atom. The standard InChI is InChI=1S/C15H22N4O2S/c1-10(14(20)18-6-8-21-9-7-18)22-15-17-16-13(11-2-3-11)19(15)12-4-5-12/h10-12H,2-9H2,1H3. The zero-order valence-electron chi connectivity index (χ0n) is 12.9. The number of hydrogen-bond donors (Lipinski definition) is 0. The highest BCUT2D eigenvalue weighted by Gasteiger charge is 2.37. The Bertz CT molecular complexity index is 562. The first kappa shape index (κ1) is 14.5. The molecule has 1 aromatic heterocycles. The predicted octanol–water partition coefficient (Wildman–Crippen LogP) is 1.83. The maximum atomic E-state index is 12.5. The lowest BCUT2D eigenvalue weighted by molar-refractivity contribution is -0.134. The van der Waals surface area contributed by atoms with E-state index in [1.165, 1.54) is 25.7 Å². The lowest BCUT2D eigenvalue weighted by atomic mass is 10.3. The maximum Gasteiger partial charge on any atom is 0.236 e. The molecule has 0 aromatic carbocycles. The molecule has 2 heterocycles. The van der Waals surface area contributed by atoms with E-state index < -0.39 is 0 Å². The molecule has 1 amide bonds.